The van der Waals surface area contributed by atoms with Crippen molar-refractivity contribution in [2.45, 2.75) is 33.2 Å². The van der Waals surface area contributed by atoms with Crippen molar-refractivity contribution < 1.29 is 27.5 Å². The molecule has 1 aliphatic rings. The minimum Gasteiger partial charge on any atom is -0.452 e. The summed E-state index contributed by atoms with van der Waals surface area (Å²) in [5.41, 5.74) is 0.975. The Morgan fingerprint density at radius 3 is 2.67 bits per heavy atom. The molecule has 0 radical (unpaired) electrons. The molecule has 1 aliphatic heterocycles. The smallest absolute Gasteiger partial charge is 0.331 e. The molecule has 2 rings (SSSR count). The van der Waals surface area contributed by atoms with Gasteiger partial charge in [-0.05, 0) is 25.3 Å². The number of aromatic nitrogens is 2. The Hall–Kier alpha value is -2.40. The van der Waals surface area contributed by atoms with Gasteiger partial charge < -0.3 is 10.1 Å². The molecule has 12 heteroatoms. The van der Waals surface area contributed by atoms with Gasteiger partial charge in [0.15, 0.2) is 16.4 Å². The minimum atomic E-state index is -3.10. The zero-order valence-corrected chi connectivity index (χ0v) is 18.5. The molecule has 1 aromatic rings. The first-order valence-electron chi connectivity index (χ1n) is 9.36. The van der Waals surface area contributed by atoms with Crippen molar-refractivity contribution in [2.75, 3.05) is 24.7 Å². The van der Waals surface area contributed by atoms with Gasteiger partial charge in [-0.1, -0.05) is 25.4 Å². The predicted molar refractivity (Wildman–Crippen MR) is 111 cm³/mol. The fourth-order valence-electron chi connectivity index (χ4n) is 2.77. The molecule has 0 aliphatic carbocycles. The van der Waals surface area contributed by atoms with Crippen LogP contribution >= 0.6 is 11.6 Å². The highest BCUT2D eigenvalue weighted by atomic mass is 35.5. The summed E-state index contributed by atoms with van der Waals surface area (Å²) in [6.45, 7) is 5.28. The number of carbonyl (C=O) groups excluding carboxylic acids is 3. The van der Waals surface area contributed by atoms with Gasteiger partial charge in [0.05, 0.1) is 23.2 Å². The average Bonchev–Trinajstić information content (AvgIpc) is 3.15. The Morgan fingerprint density at radius 1 is 1.37 bits per heavy atom. The number of aryl methyl sites for hydroxylation is 1. The van der Waals surface area contributed by atoms with E-state index in [2.05, 4.69) is 15.7 Å². The van der Waals surface area contributed by atoms with E-state index < -0.39 is 34.4 Å². The first-order valence-corrected chi connectivity index (χ1v) is 11.6. The van der Waals surface area contributed by atoms with Crippen LogP contribution in [0.25, 0.3) is 6.08 Å². The Morgan fingerprint density at radius 2 is 2.07 bits per heavy atom. The second-order valence-electron chi connectivity index (χ2n) is 7.38. The number of esters is 1. The standard InChI is InChI=1S/C18H25ClN4O6S/c1-11(2)8-20-18(26)21-15(24)9-29-16(25)5-4-14-12(3)22-23(17(14)19)13-6-7-30(27,28)10-13/h4-5,11,13H,6-10H2,1-3H3,(H2,20,21,24,26)/b5-4+. The summed E-state index contributed by atoms with van der Waals surface area (Å²) in [5.74, 6) is -1.28. The second-order valence-corrected chi connectivity index (χ2v) is 9.97. The summed E-state index contributed by atoms with van der Waals surface area (Å²) in [6.07, 6.45) is 2.90. The lowest BCUT2D eigenvalue weighted by Crippen LogP contribution is -2.42. The van der Waals surface area contributed by atoms with Crippen LogP contribution in [0.1, 0.15) is 37.6 Å². The molecule has 3 amide bonds. The lowest BCUT2D eigenvalue weighted by Gasteiger charge is -2.09. The number of sulfone groups is 1. The number of hydrogen-bond donors (Lipinski definition) is 2. The zero-order valence-electron chi connectivity index (χ0n) is 17.0. The van der Waals surface area contributed by atoms with Crippen molar-refractivity contribution in [3.8, 4) is 0 Å². The van der Waals surface area contributed by atoms with E-state index in [0.717, 1.165) is 6.08 Å². The number of rotatable bonds is 7. The van der Waals surface area contributed by atoms with Crippen LogP contribution in [0, 0.1) is 12.8 Å². The molecule has 1 fully saturated rings. The molecule has 1 unspecified atom stereocenters. The fourth-order valence-corrected chi connectivity index (χ4v) is 4.84. The van der Waals surface area contributed by atoms with Crippen molar-refractivity contribution in [1.29, 1.82) is 0 Å². The molecule has 1 atom stereocenters. The van der Waals surface area contributed by atoms with Crippen molar-refractivity contribution in [3.05, 3.63) is 22.5 Å². The molecule has 2 heterocycles. The third-order valence-corrected chi connectivity index (χ3v) is 6.41. The van der Waals surface area contributed by atoms with Crippen molar-refractivity contribution in [2.24, 2.45) is 5.92 Å². The maximum Gasteiger partial charge on any atom is 0.331 e. The van der Waals surface area contributed by atoms with Crippen LogP contribution in [0.5, 0.6) is 0 Å². The number of amides is 3. The van der Waals surface area contributed by atoms with E-state index in [1.54, 1.807) is 6.92 Å². The van der Waals surface area contributed by atoms with E-state index in [4.69, 9.17) is 16.3 Å². The van der Waals surface area contributed by atoms with Crippen molar-refractivity contribution in [3.63, 3.8) is 0 Å². The lowest BCUT2D eigenvalue weighted by atomic mass is 10.2. The largest absolute Gasteiger partial charge is 0.452 e. The number of ether oxygens (including phenoxy) is 1. The zero-order chi connectivity index (χ0) is 22.5. The van der Waals surface area contributed by atoms with Gasteiger partial charge in [0.25, 0.3) is 5.91 Å². The number of nitrogens with zero attached hydrogens (tertiary/aromatic N) is 2. The molecular weight excluding hydrogens is 436 g/mol. The summed E-state index contributed by atoms with van der Waals surface area (Å²) < 4.78 is 29.6. The van der Waals surface area contributed by atoms with Gasteiger partial charge in [-0.25, -0.2) is 22.7 Å². The van der Waals surface area contributed by atoms with E-state index in [9.17, 15) is 22.8 Å². The third-order valence-electron chi connectivity index (χ3n) is 4.28. The highest BCUT2D eigenvalue weighted by molar-refractivity contribution is 7.91. The molecule has 2 N–H and O–H groups in total. The number of halogens is 1. The van der Waals surface area contributed by atoms with Crippen LogP contribution in [-0.4, -0.2) is 60.8 Å². The number of nitrogens with one attached hydrogen (secondary N) is 2. The van der Waals surface area contributed by atoms with Crippen LogP contribution in [-0.2, 0) is 24.2 Å². The number of imide groups is 1. The molecule has 166 valence electrons. The van der Waals surface area contributed by atoms with E-state index in [1.165, 1.54) is 10.8 Å². The number of carbonyl (C=O) groups is 3. The monoisotopic (exact) mass is 460 g/mol. The minimum absolute atomic E-state index is 0.0289. The molecule has 0 bridgehead atoms. The first-order chi connectivity index (χ1) is 14.0. The van der Waals surface area contributed by atoms with Crippen LogP contribution in [0.15, 0.2) is 6.08 Å². The van der Waals surface area contributed by atoms with E-state index in [0.29, 0.717) is 24.2 Å². The maximum atomic E-state index is 11.9. The van der Waals surface area contributed by atoms with E-state index >= 15 is 0 Å². The first kappa shape index (κ1) is 23.9. The fraction of sp³-hybridized carbons (Fsp3) is 0.556. The molecule has 0 saturated carbocycles. The summed E-state index contributed by atoms with van der Waals surface area (Å²) in [4.78, 5) is 35.0. The predicted octanol–water partition coefficient (Wildman–Crippen LogP) is 1.24. The van der Waals surface area contributed by atoms with E-state index in [1.807, 2.05) is 13.8 Å². The van der Waals surface area contributed by atoms with Gasteiger partial charge in [0, 0.05) is 18.2 Å². The van der Waals surface area contributed by atoms with Crippen molar-refractivity contribution in [1.82, 2.24) is 20.4 Å². The molecular formula is C18H25ClN4O6S. The van der Waals surface area contributed by atoms with Gasteiger partial charge in [-0.3, -0.25) is 10.1 Å². The molecule has 1 aromatic heterocycles. The van der Waals surface area contributed by atoms with Gasteiger partial charge in [0.2, 0.25) is 0 Å². The summed E-state index contributed by atoms with van der Waals surface area (Å²) >= 11 is 6.32. The SMILES string of the molecule is Cc1nn(C2CCS(=O)(=O)C2)c(Cl)c1/C=C/C(=O)OCC(=O)NC(=O)NCC(C)C. The molecule has 30 heavy (non-hydrogen) atoms. The average molecular weight is 461 g/mol. The summed E-state index contributed by atoms with van der Waals surface area (Å²) in [7, 11) is -3.10. The van der Waals surface area contributed by atoms with Crippen LogP contribution in [0.2, 0.25) is 5.15 Å². The van der Waals surface area contributed by atoms with E-state index in [-0.39, 0.29) is 28.6 Å². The van der Waals surface area contributed by atoms with Crippen molar-refractivity contribution >= 4 is 45.4 Å². The lowest BCUT2D eigenvalue weighted by molar-refractivity contribution is -0.143. The van der Waals surface area contributed by atoms with Crippen LogP contribution in [0.3, 0.4) is 0 Å². The molecule has 0 aromatic carbocycles. The van der Waals surface area contributed by atoms with Crippen LogP contribution in [0.4, 0.5) is 4.79 Å². The molecule has 0 spiro atoms. The Labute approximate surface area is 179 Å². The quantitative estimate of drug-likeness (QED) is 0.461. The maximum absolute atomic E-state index is 11.9. The Kier molecular flexibility index (Phi) is 8.02. The molecule has 1 saturated heterocycles. The highest BCUT2D eigenvalue weighted by Gasteiger charge is 2.31. The third kappa shape index (κ3) is 6.84. The topological polar surface area (TPSA) is 136 Å². The highest BCUT2D eigenvalue weighted by Crippen LogP contribution is 2.30. The molecule has 10 nitrogen and oxygen atoms in total. The second kappa shape index (κ2) is 10.1. The summed E-state index contributed by atoms with van der Waals surface area (Å²) in [5, 5.41) is 9.05. The normalized spacial score (nSPS) is 18.0. The van der Waals surface area contributed by atoms with Gasteiger partial charge in [0.1, 0.15) is 5.15 Å². The number of hydrogen-bond acceptors (Lipinski definition) is 7. The number of urea groups is 1. The van der Waals surface area contributed by atoms with Gasteiger partial charge in [-0.15, -0.1) is 0 Å². The van der Waals surface area contributed by atoms with Gasteiger partial charge in [-0.2, -0.15) is 5.10 Å². The summed E-state index contributed by atoms with van der Waals surface area (Å²) in [6, 6.07) is -1.01. The van der Waals surface area contributed by atoms with Gasteiger partial charge >= 0.3 is 12.0 Å². The Balaban J connectivity index is 1.89. The Bertz CT molecular complexity index is 954. The van der Waals surface area contributed by atoms with Crippen LogP contribution < -0.4 is 10.6 Å².